The van der Waals surface area contributed by atoms with Crippen molar-refractivity contribution in [3.05, 3.63) is 34.8 Å². The van der Waals surface area contributed by atoms with E-state index in [1.165, 1.54) is 16.9 Å². The molecule has 2 N–H and O–H groups in total. The molecule has 0 fully saturated rings. The Balaban J connectivity index is 1.55. The molecule has 0 spiro atoms. The summed E-state index contributed by atoms with van der Waals surface area (Å²) < 4.78 is 0. The lowest BCUT2D eigenvalue weighted by atomic mass is 9.98. The van der Waals surface area contributed by atoms with Gasteiger partial charge in [0.2, 0.25) is 11.0 Å². The second-order valence-electron chi connectivity index (χ2n) is 7.25. The number of hydrogen-bond acceptors (Lipinski definition) is 5. The number of aryl methyl sites for hydroxylation is 1. The second-order valence-corrected chi connectivity index (χ2v) is 8.23. The highest BCUT2D eigenvalue weighted by Gasteiger charge is 2.23. The van der Waals surface area contributed by atoms with E-state index in [1.54, 1.807) is 4.90 Å². The molecular formula is C18H23N5O2S. The van der Waals surface area contributed by atoms with Gasteiger partial charge in [0.1, 0.15) is 5.01 Å². The Morgan fingerprint density at radius 2 is 2.00 bits per heavy atom. The standard InChI is InChI=1S/C18H23N5O2S/c1-18(2,3)15-21-22-17(26-15)20-16(25)19-11-14(24)23-10-6-8-12-7-4-5-9-13(12)23/h4-5,7,9H,6,8,10-11H2,1-3H3,(H2,19,20,22,25). The maximum absolute atomic E-state index is 12.5. The van der Waals surface area contributed by atoms with Gasteiger partial charge in [-0.2, -0.15) is 0 Å². The molecule has 1 aromatic heterocycles. The molecule has 3 amide bonds. The number of rotatable bonds is 3. The van der Waals surface area contributed by atoms with Gasteiger partial charge >= 0.3 is 6.03 Å². The Morgan fingerprint density at radius 3 is 2.73 bits per heavy atom. The first-order valence-electron chi connectivity index (χ1n) is 8.62. The zero-order valence-corrected chi connectivity index (χ0v) is 16.0. The molecule has 2 heterocycles. The lowest BCUT2D eigenvalue weighted by Gasteiger charge is -2.29. The fourth-order valence-electron chi connectivity index (χ4n) is 2.76. The number of urea groups is 1. The normalized spacial score (nSPS) is 13.9. The predicted molar refractivity (Wildman–Crippen MR) is 103 cm³/mol. The molecule has 8 heteroatoms. The molecule has 0 unspecified atom stereocenters. The van der Waals surface area contributed by atoms with Crippen molar-refractivity contribution >= 4 is 34.1 Å². The van der Waals surface area contributed by atoms with Gasteiger partial charge in [-0.05, 0) is 24.5 Å². The highest BCUT2D eigenvalue weighted by atomic mass is 32.1. The number of fused-ring (bicyclic) bond motifs is 1. The maximum Gasteiger partial charge on any atom is 0.321 e. The van der Waals surface area contributed by atoms with Gasteiger partial charge in [-0.3, -0.25) is 10.1 Å². The second kappa shape index (κ2) is 7.41. The Labute approximate surface area is 156 Å². The molecule has 2 aromatic rings. The van der Waals surface area contributed by atoms with Crippen molar-refractivity contribution in [2.45, 2.75) is 39.0 Å². The number of benzene rings is 1. The Kier molecular flexibility index (Phi) is 5.22. The molecule has 138 valence electrons. The Bertz CT molecular complexity index is 812. The van der Waals surface area contributed by atoms with E-state index >= 15 is 0 Å². The Morgan fingerprint density at radius 1 is 1.23 bits per heavy atom. The number of para-hydroxylation sites is 1. The highest BCUT2D eigenvalue weighted by Crippen LogP contribution is 2.28. The summed E-state index contributed by atoms with van der Waals surface area (Å²) in [6.45, 7) is 6.71. The van der Waals surface area contributed by atoms with Gasteiger partial charge in [0, 0.05) is 17.6 Å². The first kappa shape index (κ1) is 18.3. The van der Waals surface area contributed by atoms with Crippen molar-refractivity contribution < 1.29 is 9.59 Å². The fourth-order valence-corrected chi connectivity index (χ4v) is 3.56. The van der Waals surface area contributed by atoms with Gasteiger partial charge in [0.15, 0.2) is 0 Å². The van der Waals surface area contributed by atoms with E-state index in [2.05, 4.69) is 20.8 Å². The van der Waals surface area contributed by atoms with E-state index in [0.29, 0.717) is 11.7 Å². The molecule has 1 aromatic carbocycles. The predicted octanol–water partition coefficient (Wildman–Crippen LogP) is 2.94. The summed E-state index contributed by atoms with van der Waals surface area (Å²) in [7, 11) is 0. The summed E-state index contributed by atoms with van der Waals surface area (Å²) in [5.41, 5.74) is 1.98. The summed E-state index contributed by atoms with van der Waals surface area (Å²) in [5, 5.41) is 14.6. The third-order valence-electron chi connectivity index (χ3n) is 4.10. The number of nitrogens with zero attached hydrogens (tertiary/aromatic N) is 3. The largest absolute Gasteiger partial charge is 0.329 e. The lowest BCUT2D eigenvalue weighted by molar-refractivity contribution is -0.117. The van der Waals surface area contributed by atoms with Crippen molar-refractivity contribution in [2.24, 2.45) is 0 Å². The minimum Gasteiger partial charge on any atom is -0.329 e. The molecular weight excluding hydrogens is 350 g/mol. The van der Waals surface area contributed by atoms with Crippen LogP contribution in [0.25, 0.3) is 0 Å². The van der Waals surface area contributed by atoms with Crippen molar-refractivity contribution in [1.82, 2.24) is 15.5 Å². The van der Waals surface area contributed by atoms with Crippen LogP contribution in [0.15, 0.2) is 24.3 Å². The summed E-state index contributed by atoms with van der Waals surface area (Å²) in [4.78, 5) is 26.3. The van der Waals surface area contributed by atoms with Gasteiger partial charge in [-0.25, -0.2) is 4.79 Å². The van der Waals surface area contributed by atoms with E-state index in [4.69, 9.17) is 0 Å². The minimum atomic E-state index is -0.458. The van der Waals surface area contributed by atoms with Gasteiger partial charge in [0.05, 0.1) is 6.54 Å². The number of nitrogens with one attached hydrogen (secondary N) is 2. The fraction of sp³-hybridized carbons (Fsp3) is 0.444. The number of carbonyl (C=O) groups is 2. The third-order valence-corrected chi connectivity index (χ3v) is 5.36. The average molecular weight is 373 g/mol. The number of amides is 3. The smallest absolute Gasteiger partial charge is 0.321 e. The Hall–Kier alpha value is -2.48. The number of aromatic nitrogens is 2. The van der Waals surface area contributed by atoms with Crippen molar-refractivity contribution in [2.75, 3.05) is 23.3 Å². The van der Waals surface area contributed by atoms with Crippen molar-refractivity contribution in [1.29, 1.82) is 0 Å². The van der Waals surface area contributed by atoms with Crippen LogP contribution in [0.3, 0.4) is 0 Å². The third kappa shape index (κ3) is 4.19. The van der Waals surface area contributed by atoms with Gasteiger partial charge in [-0.1, -0.05) is 50.3 Å². The van der Waals surface area contributed by atoms with Crippen molar-refractivity contribution in [3.63, 3.8) is 0 Å². The van der Waals surface area contributed by atoms with Crippen LogP contribution < -0.4 is 15.5 Å². The van der Waals surface area contributed by atoms with Crippen LogP contribution in [0.1, 0.15) is 37.8 Å². The zero-order valence-electron chi connectivity index (χ0n) is 15.2. The van der Waals surface area contributed by atoms with E-state index in [0.717, 1.165) is 23.5 Å². The summed E-state index contributed by atoms with van der Waals surface area (Å²) in [6.07, 6.45) is 1.90. The molecule has 0 radical (unpaired) electrons. The molecule has 1 aliphatic heterocycles. The summed E-state index contributed by atoms with van der Waals surface area (Å²) in [5.74, 6) is -0.125. The van der Waals surface area contributed by atoms with Crippen LogP contribution in [-0.4, -0.2) is 35.2 Å². The SMILES string of the molecule is CC(C)(C)c1nnc(NC(=O)NCC(=O)N2CCCc3ccccc32)s1. The molecule has 0 bridgehead atoms. The first-order valence-corrected chi connectivity index (χ1v) is 9.43. The monoisotopic (exact) mass is 373 g/mol. The molecule has 3 rings (SSSR count). The van der Waals surface area contributed by atoms with Crippen LogP contribution in [0, 0.1) is 0 Å². The quantitative estimate of drug-likeness (QED) is 0.866. The summed E-state index contributed by atoms with van der Waals surface area (Å²) >= 11 is 1.33. The molecule has 0 aliphatic carbocycles. The average Bonchev–Trinajstić information content (AvgIpc) is 3.08. The summed E-state index contributed by atoms with van der Waals surface area (Å²) in [6, 6.07) is 7.43. The van der Waals surface area contributed by atoms with Crippen LogP contribution >= 0.6 is 11.3 Å². The molecule has 0 atom stereocenters. The lowest BCUT2D eigenvalue weighted by Crippen LogP contribution is -2.43. The number of hydrogen-bond donors (Lipinski definition) is 2. The van der Waals surface area contributed by atoms with Gasteiger partial charge < -0.3 is 10.2 Å². The minimum absolute atomic E-state index is 0.0644. The van der Waals surface area contributed by atoms with E-state index in [1.807, 2.05) is 45.0 Å². The molecule has 0 saturated heterocycles. The molecule has 26 heavy (non-hydrogen) atoms. The number of carbonyl (C=O) groups excluding carboxylic acids is 2. The molecule has 0 saturated carbocycles. The van der Waals surface area contributed by atoms with Gasteiger partial charge in [0.25, 0.3) is 0 Å². The van der Waals surface area contributed by atoms with Crippen LogP contribution in [0.2, 0.25) is 0 Å². The van der Waals surface area contributed by atoms with E-state index in [9.17, 15) is 9.59 Å². The van der Waals surface area contributed by atoms with Crippen molar-refractivity contribution in [3.8, 4) is 0 Å². The first-order chi connectivity index (χ1) is 12.3. The zero-order chi connectivity index (χ0) is 18.7. The topological polar surface area (TPSA) is 87.2 Å². The van der Waals surface area contributed by atoms with Crippen LogP contribution in [0.4, 0.5) is 15.6 Å². The van der Waals surface area contributed by atoms with Crippen LogP contribution in [0.5, 0.6) is 0 Å². The molecule has 1 aliphatic rings. The van der Waals surface area contributed by atoms with Crippen LogP contribution in [-0.2, 0) is 16.6 Å². The maximum atomic E-state index is 12.5. The highest BCUT2D eigenvalue weighted by molar-refractivity contribution is 7.15. The molecule has 7 nitrogen and oxygen atoms in total. The number of anilines is 2. The van der Waals surface area contributed by atoms with E-state index < -0.39 is 6.03 Å². The van der Waals surface area contributed by atoms with E-state index in [-0.39, 0.29) is 17.9 Å². The van der Waals surface area contributed by atoms with Gasteiger partial charge in [-0.15, -0.1) is 10.2 Å².